The zero-order valence-electron chi connectivity index (χ0n) is 13.6. The van der Waals surface area contributed by atoms with Crippen molar-refractivity contribution < 1.29 is 0 Å². The molecule has 0 aromatic carbocycles. The Morgan fingerprint density at radius 1 is 1.14 bits per heavy atom. The highest BCUT2D eigenvalue weighted by atomic mass is 32.1. The first kappa shape index (κ1) is 16.6. The summed E-state index contributed by atoms with van der Waals surface area (Å²) in [5.41, 5.74) is 2.38. The van der Waals surface area contributed by atoms with Crippen LogP contribution in [0.4, 0.5) is 0 Å². The van der Waals surface area contributed by atoms with Crippen LogP contribution >= 0.6 is 22.7 Å². The molecule has 0 amide bonds. The maximum atomic E-state index is 4.88. The van der Waals surface area contributed by atoms with Crippen molar-refractivity contribution in [1.29, 1.82) is 0 Å². The number of aromatic nitrogens is 2. The van der Waals surface area contributed by atoms with Gasteiger partial charge >= 0.3 is 0 Å². The quantitative estimate of drug-likeness (QED) is 0.830. The summed E-state index contributed by atoms with van der Waals surface area (Å²) in [5.74, 6) is 0.639. The van der Waals surface area contributed by atoms with Crippen LogP contribution in [0.3, 0.4) is 0 Å². The molecule has 2 rings (SSSR count). The van der Waals surface area contributed by atoms with Crippen LogP contribution in [-0.4, -0.2) is 16.0 Å². The molecule has 0 spiro atoms. The number of nitrogens with zero attached hydrogens (tertiary/aromatic N) is 2. The molecule has 0 atom stereocenters. The van der Waals surface area contributed by atoms with E-state index in [4.69, 9.17) is 4.98 Å². The third-order valence-corrected chi connectivity index (χ3v) is 5.13. The molecule has 0 saturated heterocycles. The Kier molecular flexibility index (Phi) is 5.90. The lowest BCUT2D eigenvalue weighted by atomic mass is 10.1. The Hall–Kier alpha value is -0.780. The van der Waals surface area contributed by atoms with Crippen molar-refractivity contribution in [2.75, 3.05) is 0 Å². The van der Waals surface area contributed by atoms with Gasteiger partial charge in [0.1, 0.15) is 0 Å². The van der Waals surface area contributed by atoms with Gasteiger partial charge in [0.05, 0.1) is 22.1 Å². The minimum absolute atomic E-state index is 0.504. The molecule has 2 aromatic rings. The SMILES string of the molecule is Cc1csc(Cc2nc(CC(C)C)c(CNC(C)C)s2)n1. The van der Waals surface area contributed by atoms with E-state index in [2.05, 4.69) is 43.4 Å². The van der Waals surface area contributed by atoms with Crippen LogP contribution < -0.4 is 5.32 Å². The number of hydrogen-bond acceptors (Lipinski definition) is 5. The van der Waals surface area contributed by atoms with Crippen molar-refractivity contribution in [1.82, 2.24) is 15.3 Å². The van der Waals surface area contributed by atoms with Gasteiger partial charge in [-0.3, -0.25) is 0 Å². The standard InChI is InChI=1S/C16H25N3S2/c1-10(2)6-13-14(8-17-11(3)4)21-16(19-13)7-15-18-12(5)9-20-15/h9-11,17H,6-8H2,1-5H3. The second-order valence-corrected chi connectivity index (χ2v) is 8.28. The molecule has 116 valence electrons. The van der Waals surface area contributed by atoms with E-state index >= 15 is 0 Å². The summed E-state index contributed by atoms with van der Waals surface area (Å²) < 4.78 is 0. The maximum Gasteiger partial charge on any atom is 0.0999 e. The topological polar surface area (TPSA) is 37.8 Å². The van der Waals surface area contributed by atoms with Crippen LogP contribution in [0.25, 0.3) is 0 Å². The Morgan fingerprint density at radius 2 is 1.90 bits per heavy atom. The molecule has 0 saturated carbocycles. The first-order valence-corrected chi connectivity index (χ1v) is 9.25. The van der Waals surface area contributed by atoms with E-state index in [1.807, 2.05) is 18.3 Å². The molecule has 0 radical (unpaired) electrons. The van der Waals surface area contributed by atoms with Gasteiger partial charge in [-0.15, -0.1) is 22.7 Å². The van der Waals surface area contributed by atoms with E-state index in [-0.39, 0.29) is 0 Å². The molecule has 0 fully saturated rings. The Morgan fingerprint density at radius 3 is 2.48 bits per heavy atom. The van der Waals surface area contributed by atoms with Gasteiger partial charge < -0.3 is 5.32 Å². The van der Waals surface area contributed by atoms with E-state index in [1.54, 1.807) is 11.3 Å². The minimum Gasteiger partial charge on any atom is -0.310 e. The average Bonchev–Trinajstić information content (AvgIpc) is 2.93. The highest BCUT2D eigenvalue weighted by Gasteiger charge is 2.14. The molecule has 1 N–H and O–H groups in total. The first-order valence-electron chi connectivity index (χ1n) is 7.56. The van der Waals surface area contributed by atoms with Gasteiger partial charge in [-0.2, -0.15) is 0 Å². The Labute approximate surface area is 135 Å². The average molecular weight is 324 g/mol. The van der Waals surface area contributed by atoms with Crippen LogP contribution in [0, 0.1) is 12.8 Å². The zero-order valence-corrected chi connectivity index (χ0v) is 15.2. The van der Waals surface area contributed by atoms with Crippen LogP contribution in [0.1, 0.15) is 54.0 Å². The second-order valence-electron chi connectivity index (χ2n) is 6.17. The molecule has 2 heterocycles. The molecular weight excluding hydrogens is 298 g/mol. The second kappa shape index (κ2) is 7.47. The monoisotopic (exact) mass is 323 g/mol. The van der Waals surface area contributed by atoms with Gasteiger partial charge in [0.15, 0.2) is 0 Å². The summed E-state index contributed by atoms with van der Waals surface area (Å²) in [6, 6.07) is 0.504. The number of nitrogens with one attached hydrogen (secondary N) is 1. The van der Waals surface area contributed by atoms with Crippen LogP contribution in [0.15, 0.2) is 5.38 Å². The molecular formula is C16H25N3S2. The molecule has 21 heavy (non-hydrogen) atoms. The van der Waals surface area contributed by atoms with Gasteiger partial charge in [0.2, 0.25) is 0 Å². The summed E-state index contributed by atoms with van der Waals surface area (Å²) in [5, 5.41) is 7.99. The van der Waals surface area contributed by atoms with E-state index in [0.717, 1.165) is 25.1 Å². The van der Waals surface area contributed by atoms with Gasteiger partial charge in [-0.05, 0) is 19.3 Å². The number of thiazole rings is 2. The largest absolute Gasteiger partial charge is 0.310 e. The summed E-state index contributed by atoms with van der Waals surface area (Å²) in [7, 11) is 0. The third kappa shape index (κ3) is 5.16. The van der Waals surface area contributed by atoms with E-state index in [0.29, 0.717) is 12.0 Å². The summed E-state index contributed by atoms with van der Waals surface area (Å²) in [6.07, 6.45) is 1.93. The number of aryl methyl sites for hydroxylation is 1. The smallest absolute Gasteiger partial charge is 0.0999 e. The van der Waals surface area contributed by atoms with E-state index < -0.39 is 0 Å². The lowest BCUT2D eigenvalue weighted by Gasteiger charge is -2.08. The van der Waals surface area contributed by atoms with Crippen molar-refractivity contribution in [3.63, 3.8) is 0 Å². The fourth-order valence-electron chi connectivity index (χ4n) is 2.11. The lowest BCUT2D eigenvalue weighted by Crippen LogP contribution is -2.22. The molecule has 3 nitrogen and oxygen atoms in total. The van der Waals surface area contributed by atoms with Gasteiger partial charge in [-0.1, -0.05) is 27.7 Å². The van der Waals surface area contributed by atoms with Crippen LogP contribution in [0.2, 0.25) is 0 Å². The normalized spacial score (nSPS) is 11.8. The lowest BCUT2D eigenvalue weighted by molar-refractivity contribution is 0.581. The van der Waals surface area contributed by atoms with Gasteiger partial charge in [0.25, 0.3) is 0 Å². The molecule has 0 aliphatic carbocycles. The van der Waals surface area contributed by atoms with Crippen molar-refractivity contribution in [3.05, 3.63) is 31.7 Å². The van der Waals surface area contributed by atoms with E-state index in [1.165, 1.54) is 20.6 Å². The maximum absolute atomic E-state index is 4.88. The summed E-state index contributed by atoms with van der Waals surface area (Å²) in [6.45, 7) is 11.8. The predicted octanol–water partition coefficient (Wildman–Crippen LogP) is 4.20. The molecule has 0 bridgehead atoms. The molecule has 0 aliphatic rings. The Balaban J connectivity index is 2.14. The van der Waals surface area contributed by atoms with Crippen molar-refractivity contribution in [2.45, 2.75) is 60.0 Å². The molecule has 0 unspecified atom stereocenters. The van der Waals surface area contributed by atoms with E-state index in [9.17, 15) is 0 Å². The van der Waals surface area contributed by atoms with Crippen LogP contribution in [-0.2, 0) is 19.4 Å². The van der Waals surface area contributed by atoms with Gasteiger partial charge in [0, 0.05) is 28.5 Å². The molecule has 2 aromatic heterocycles. The van der Waals surface area contributed by atoms with Crippen LogP contribution in [0.5, 0.6) is 0 Å². The number of rotatable bonds is 7. The van der Waals surface area contributed by atoms with Crippen molar-refractivity contribution in [2.24, 2.45) is 5.92 Å². The fraction of sp³-hybridized carbons (Fsp3) is 0.625. The highest BCUT2D eigenvalue weighted by molar-refractivity contribution is 7.12. The van der Waals surface area contributed by atoms with Gasteiger partial charge in [-0.25, -0.2) is 9.97 Å². The number of hydrogen-bond donors (Lipinski definition) is 1. The fourth-order valence-corrected chi connectivity index (χ4v) is 4.03. The third-order valence-electron chi connectivity index (χ3n) is 3.06. The molecule has 0 aliphatic heterocycles. The Bertz CT molecular complexity index is 570. The first-order chi connectivity index (χ1) is 9.94. The summed E-state index contributed by atoms with van der Waals surface area (Å²) >= 11 is 3.57. The minimum atomic E-state index is 0.504. The van der Waals surface area contributed by atoms with Crippen molar-refractivity contribution in [3.8, 4) is 0 Å². The molecule has 5 heteroatoms. The zero-order chi connectivity index (χ0) is 15.4. The van der Waals surface area contributed by atoms with Crippen molar-refractivity contribution >= 4 is 22.7 Å². The predicted molar refractivity (Wildman–Crippen MR) is 92.3 cm³/mol. The highest BCUT2D eigenvalue weighted by Crippen LogP contribution is 2.24. The summed E-state index contributed by atoms with van der Waals surface area (Å²) in [4.78, 5) is 10.8.